The Hall–Kier alpha value is -0.870. The maximum atomic E-state index is 6.46. The van der Waals surface area contributed by atoms with Crippen LogP contribution in [0.4, 0.5) is 0 Å². The zero-order chi connectivity index (χ0) is 17.7. The molecule has 2 unspecified atom stereocenters. The van der Waals surface area contributed by atoms with Crippen LogP contribution in [0.1, 0.15) is 107 Å². The number of fused-ring (bicyclic) bond motifs is 2. The molecular formula is C22H34N2O2. The monoisotopic (exact) mass is 358 g/mol. The third-order valence-electron chi connectivity index (χ3n) is 7.42. The summed E-state index contributed by atoms with van der Waals surface area (Å²) in [5.41, 5.74) is 3.05. The number of nitrogens with zero attached hydrogens (tertiary/aromatic N) is 1. The average molecular weight is 359 g/mol. The molecule has 4 nitrogen and oxygen atoms in total. The smallest absolute Gasteiger partial charge is 0.145 e. The van der Waals surface area contributed by atoms with Crippen molar-refractivity contribution in [1.29, 1.82) is 0 Å². The molecule has 144 valence electrons. The fourth-order valence-corrected chi connectivity index (χ4v) is 5.48. The van der Waals surface area contributed by atoms with Gasteiger partial charge in [-0.05, 0) is 69.6 Å². The Morgan fingerprint density at radius 2 is 1.69 bits per heavy atom. The minimum Gasteiger partial charge on any atom is -0.373 e. The zero-order valence-electron chi connectivity index (χ0n) is 16.4. The second-order valence-corrected chi connectivity index (χ2v) is 10.2. The highest BCUT2D eigenvalue weighted by atomic mass is 16.5. The van der Waals surface area contributed by atoms with Crippen LogP contribution in [0, 0.1) is 5.41 Å². The molecule has 1 aromatic heterocycles. The number of hydrogen-bond acceptors (Lipinski definition) is 4. The van der Waals surface area contributed by atoms with Gasteiger partial charge in [0.15, 0.2) is 0 Å². The minimum absolute atomic E-state index is 0.411. The summed E-state index contributed by atoms with van der Waals surface area (Å²) >= 11 is 0. The van der Waals surface area contributed by atoms with Crippen LogP contribution >= 0.6 is 0 Å². The lowest BCUT2D eigenvalue weighted by Crippen LogP contribution is -2.41. The highest BCUT2D eigenvalue weighted by Gasteiger charge is 2.38. The van der Waals surface area contributed by atoms with Gasteiger partial charge in [-0.2, -0.15) is 0 Å². The summed E-state index contributed by atoms with van der Waals surface area (Å²) < 4.78 is 12.3. The first kappa shape index (κ1) is 17.2. The standard InChI is InChI=1S/C22H34N2O2/c1-22(2)9-7-14(8-10-22)20-19(21(26-24-20)15-3-4-15)13-25-18-11-16-5-6-17(12-18)23-16/h14-18,23H,3-13H2,1-2H3. The predicted molar refractivity (Wildman–Crippen MR) is 101 cm³/mol. The maximum Gasteiger partial charge on any atom is 0.145 e. The van der Waals surface area contributed by atoms with Crippen LogP contribution in [0.25, 0.3) is 0 Å². The molecule has 0 aromatic carbocycles. The molecule has 4 aliphatic rings. The lowest BCUT2D eigenvalue weighted by atomic mass is 9.72. The van der Waals surface area contributed by atoms with Crippen LogP contribution in [0.15, 0.2) is 4.52 Å². The summed E-state index contributed by atoms with van der Waals surface area (Å²) in [5.74, 6) is 2.34. The number of rotatable bonds is 5. The van der Waals surface area contributed by atoms with Crippen LogP contribution < -0.4 is 5.32 Å². The lowest BCUT2D eigenvalue weighted by Gasteiger charge is -2.34. The van der Waals surface area contributed by atoms with Gasteiger partial charge in [0.1, 0.15) is 5.76 Å². The van der Waals surface area contributed by atoms with E-state index in [4.69, 9.17) is 9.26 Å². The highest BCUT2D eigenvalue weighted by molar-refractivity contribution is 5.30. The molecule has 3 heterocycles. The van der Waals surface area contributed by atoms with Gasteiger partial charge in [0, 0.05) is 29.5 Å². The van der Waals surface area contributed by atoms with Gasteiger partial charge in [-0.15, -0.1) is 0 Å². The molecule has 4 fully saturated rings. The predicted octanol–water partition coefficient (Wildman–Crippen LogP) is 5.04. The first-order valence-corrected chi connectivity index (χ1v) is 10.9. The molecule has 2 saturated heterocycles. The van der Waals surface area contributed by atoms with E-state index < -0.39 is 0 Å². The second-order valence-electron chi connectivity index (χ2n) is 10.2. The molecule has 1 N–H and O–H groups in total. The summed E-state index contributed by atoms with van der Waals surface area (Å²) in [7, 11) is 0. The number of hydrogen-bond donors (Lipinski definition) is 1. The van der Waals surface area contributed by atoms with E-state index in [1.165, 1.54) is 75.5 Å². The minimum atomic E-state index is 0.411. The van der Waals surface area contributed by atoms with Crippen molar-refractivity contribution in [1.82, 2.24) is 10.5 Å². The molecule has 2 atom stereocenters. The van der Waals surface area contributed by atoms with Crippen LogP contribution in [-0.4, -0.2) is 23.3 Å². The molecule has 2 bridgehead atoms. The van der Waals surface area contributed by atoms with Crippen molar-refractivity contribution in [3.8, 4) is 0 Å². The summed E-state index contributed by atoms with van der Waals surface area (Å²) in [6.45, 7) is 5.52. The topological polar surface area (TPSA) is 47.3 Å². The summed E-state index contributed by atoms with van der Waals surface area (Å²) in [6, 6.07) is 1.37. The van der Waals surface area contributed by atoms with Gasteiger partial charge in [-0.3, -0.25) is 0 Å². The maximum absolute atomic E-state index is 6.46. The van der Waals surface area contributed by atoms with E-state index in [9.17, 15) is 0 Å². The molecule has 0 radical (unpaired) electrons. The van der Waals surface area contributed by atoms with E-state index >= 15 is 0 Å². The van der Waals surface area contributed by atoms with Crippen molar-refractivity contribution < 1.29 is 9.26 Å². The van der Waals surface area contributed by atoms with E-state index in [1.54, 1.807) is 0 Å². The van der Waals surface area contributed by atoms with Crippen molar-refractivity contribution in [2.75, 3.05) is 0 Å². The van der Waals surface area contributed by atoms with Crippen LogP contribution in [-0.2, 0) is 11.3 Å². The first-order chi connectivity index (χ1) is 12.6. The lowest BCUT2D eigenvalue weighted by molar-refractivity contribution is 0.00811. The number of nitrogens with one attached hydrogen (secondary N) is 1. The van der Waals surface area contributed by atoms with E-state index in [0.717, 1.165) is 5.76 Å². The van der Waals surface area contributed by atoms with E-state index in [0.29, 0.717) is 42.0 Å². The number of aromatic nitrogens is 1. The molecule has 5 rings (SSSR count). The summed E-state index contributed by atoms with van der Waals surface area (Å²) in [5, 5.41) is 8.30. The van der Waals surface area contributed by atoms with E-state index in [1.807, 2.05) is 0 Å². The van der Waals surface area contributed by atoms with Gasteiger partial charge in [-0.1, -0.05) is 19.0 Å². The second kappa shape index (κ2) is 6.63. The van der Waals surface area contributed by atoms with Gasteiger partial charge >= 0.3 is 0 Å². The molecular weight excluding hydrogens is 324 g/mol. The summed E-state index contributed by atoms with van der Waals surface area (Å²) in [6.07, 6.45) is 13.0. The molecule has 0 spiro atoms. The average Bonchev–Trinajstić information content (AvgIpc) is 3.29. The number of ether oxygens (including phenoxy) is 1. The fraction of sp³-hybridized carbons (Fsp3) is 0.864. The summed E-state index contributed by atoms with van der Waals surface area (Å²) in [4.78, 5) is 0. The normalized spacial score (nSPS) is 34.3. The zero-order valence-corrected chi connectivity index (χ0v) is 16.4. The Balaban J connectivity index is 1.29. The molecule has 2 aliphatic heterocycles. The van der Waals surface area contributed by atoms with Gasteiger partial charge in [0.05, 0.1) is 18.4 Å². The SMILES string of the molecule is CC1(C)CCC(c2noc(C3CC3)c2COC2CC3CCC(C2)N3)CC1. The van der Waals surface area contributed by atoms with Crippen molar-refractivity contribution in [3.63, 3.8) is 0 Å². The van der Waals surface area contributed by atoms with Crippen LogP contribution in [0.2, 0.25) is 0 Å². The van der Waals surface area contributed by atoms with Crippen molar-refractivity contribution in [3.05, 3.63) is 17.0 Å². The molecule has 26 heavy (non-hydrogen) atoms. The van der Waals surface area contributed by atoms with Crippen molar-refractivity contribution >= 4 is 0 Å². The molecule has 1 aromatic rings. The fourth-order valence-electron chi connectivity index (χ4n) is 5.48. The Bertz CT molecular complexity index is 627. The highest BCUT2D eigenvalue weighted by Crippen LogP contribution is 2.47. The van der Waals surface area contributed by atoms with Crippen molar-refractivity contribution in [2.24, 2.45) is 5.41 Å². The van der Waals surface area contributed by atoms with Crippen LogP contribution in [0.5, 0.6) is 0 Å². The molecule has 0 amide bonds. The van der Waals surface area contributed by atoms with Gasteiger partial charge in [-0.25, -0.2) is 0 Å². The van der Waals surface area contributed by atoms with Gasteiger partial charge in [0.2, 0.25) is 0 Å². The molecule has 2 aliphatic carbocycles. The Kier molecular flexibility index (Phi) is 4.40. The third-order valence-corrected chi connectivity index (χ3v) is 7.42. The first-order valence-electron chi connectivity index (χ1n) is 10.9. The van der Waals surface area contributed by atoms with E-state index in [-0.39, 0.29) is 0 Å². The quantitative estimate of drug-likeness (QED) is 0.801. The number of piperidine rings is 1. The van der Waals surface area contributed by atoms with Crippen LogP contribution in [0.3, 0.4) is 0 Å². The van der Waals surface area contributed by atoms with E-state index in [2.05, 4.69) is 24.3 Å². The molecule has 4 heteroatoms. The Labute approximate surface area is 157 Å². The molecule has 2 saturated carbocycles. The van der Waals surface area contributed by atoms with Gasteiger partial charge < -0.3 is 14.6 Å². The Morgan fingerprint density at radius 1 is 1.00 bits per heavy atom. The van der Waals surface area contributed by atoms with Crippen molar-refractivity contribution in [2.45, 2.75) is 115 Å². The van der Waals surface area contributed by atoms with Gasteiger partial charge in [0.25, 0.3) is 0 Å². The Morgan fingerprint density at radius 3 is 2.35 bits per heavy atom. The third kappa shape index (κ3) is 3.47. The largest absolute Gasteiger partial charge is 0.373 e.